The molecule has 0 saturated carbocycles. The third kappa shape index (κ3) is 4.37. The molecular formula is C17H12F3N3O2. The Kier molecular flexibility index (Phi) is 4.42. The van der Waals surface area contributed by atoms with Crippen LogP contribution < -0.4 is 10.1 Å². The summed E-state index contributed by atoms with van der Waals surface area (Å²) >= 11 is 0. The number of amides is 1. The molecule has 2 heterocycles. The quantitative estimate of drug-likeness (QED) is 0.729. The van der Waals surface area contributed by atoms with Crippen molar-refractivity contribution in [1.29, 1.82) is 0 Å². The number of alkyl halides is 3. The van der Waals surface area contributed by atoms with Gasteiger partial charge >= 0.3 is 6.36 Å². The second kappa shape index (κ2) is 6.68. The summed E-state index contributed by atoms with van der Waals surface area (Å²) in [6, 6.07) is 10.6. The monoisotopic (exact) mass is 347 g/mol. The molecule has 0 unspecified atom stereocenters. The lowest BCUT2D eigenvalue weighted by molar-refractivity contribution is -0.274. The number of benzene rings is 1. The van der Waals surface area contributed by atoms with Gasteiger partial charge in [0.25, 0.3) is 0 Å². The molecule has 0 aliphatic heterocycles. The number of rotatable bonds is 4. The Morgan fingerprint density at radius 3 is 2.84 bits per heavy atom. The highest BCUT2D eigenvalue weighted by Gasteiger charge is 2.31. The number of fused-ring (bicyclic) bond motifs is 1. The summed E-state index contributed by atoms with van der Waals surface area (Å²) in [6.07, 6.45) is 1.46. The van der Waals surface area contributed by atoms with Gasteiger partial charge in [-0.15, -0.1) is 13.2 Å². The van der Waals surface area contributed by atoms with Gasteiger partial charge in [-0.1, -0.05) is 12.1 Å². The molecule has 3 aromatic rings. The van der Waals surface area contributed by atoms with E-state index in [1.54, 1.807) is 22.9 Å². The van der Waals surface area contributed by atoms with Gasteiger partial charge in [0.05, 0.1) is 11.9 Å². The SMILES string of the molecule is O=C(/C=C/c1cnc2ccccn12)Nc1cccc(OC(F)(F)F)c1. The van der Waals surface area contributed by atoms with Gasteiger partial charge in [-0.05, 0) is 30.3 Å². The van der Waals surface area contributed by atoms with Crippen molar-refractivity contribution in [3.8, 4) is 5.75 Å². The number of nitrogens with zero attached hydrogens (tertiary/aromatic N) is 2. The minimum atomic E-state index is -4.79. The molecule has 0 radical (unpaired) electrons. The Balaban J connectivity index is 1.69. The zero-order chi connectivity index (χ0) is 17.9. The molecule has 8 heteroatoms. The zero-order valence-corrected chi connectivity index (χ0v) is 12.7. The highest BCUT2D eigenvalue weighted by molar-refractivity contribution is 6.01. The summed E-state index contributed by atoms with van der Waals surface area (Å²) < 4.78 is 42.2. The largest absolute Gasteiger partial charge is 0.573 e. The molecule has 0 spiro atoms. The molecule has 2 aromatic heterocycles. The Morgan fingerprint density at radius 1 is 1.20 bits per heavy atom. The van der Waals surface area contributed by atoms with E-state index in [2.05, 4.69) is 15.0 Å². The Bertz CT molecular complexity index is 932. The summed E-state index contributed by atoms with van der Waals surface area (Å²) in [5, 5.41) is 2.48. The molecule has 0 aliphatic carbocycles. The van der Waals surface area contributed by atoms with Gasteiger partial charge in [-0.3, -0.25) is 4.79 Å². The van der Waals surface area contributed by atoms with Gasteiger partial charge in [0.1, 0.15) is 11.4 Å². The fourth-order valence-electron chi connectivity index (χ4n) is 2.19. The van der Waals surface area contributed by atoms with Crippen molar-refractivity contribution in [2.45, 2.75) is 6.36 Å². The molecule has 0 aliphatic rings. The van der Waals surface area contributed by atoms with E-state index >= 15 is 0 Å². The average molecular weight is 347 g/mol. The van der Waals surface area contributed by atoms with Crippen molar-refractivity contribution in [1.82, 2.24) is 9.38 Å². The summed E-state index contributed by atoms with van der Waals surface area (Å²) in [5.74, 6) is -0.897. The van der Waals surface area contributed by atoms with E-state index in [1.807, 2.05) is 18.2 Å². The molecular weight excluding hydrogens is 335 g/mol. The molecule has 0 bridgehead atoms. The predicted octanol–water partition coefficient (Wildman–Crippen LogP) is 3.88. The van der Waals surface area contributed by atoms with Gasteiger partial charge in [-0.2, -0.15) is 0 Å². The number of pyridine rings is 1. The molecule has 0 atom stereocenters. The van der Waals surface area contributed by atoms with Crippen molar-refractivity contribution >= 4 is 23.3 Å². The lowest BCUT2D eigenvalue weighted by Gasteiger charge is -2.10. The van der Waals surface area contributed by atoms with Crippen LogP contribution in [0.25, 0.3) is 11.7 Å². The third-order valence-corrected chi connectivity index (χ3v) is 3.19. The van der Waals surface area contributed by atoms with E-state index in [0.717, 1.165) is 17.8 Å². The van der Waals surface area contributed by atoms with E-state index in [1.165, 1.54) is 18.2 Å². The summed E-state index contributed by atoms with van der Waals surface area (Å²) in [5.41, 5.74) is 1.62. The van der Waals surface area contributed by atoms with E-state index in [0.29, 0.717) is 5.69 Å². The molecule has 0 fully saturated rings. The number of halogens is 3. The lowest BCUT2D eigenvalue weighted by Crippen LogP contribution is -2.17. The fourth-order valence-corrected chi connectivity index (χ4v) is 2.19. The fraction of sp³-hybridized carbons (Fsp3) is 0.0588. The Morgan fingerprint density at radius 2 is 2.04 bits per heavy atom. The van der Waals surface area contributed by atoms with Crippen molar-refractivity contribution in [3.05, 3.63) is 66.6 Å². The Hall–Kier alpha value is -3.29. The van der Waals surface area contributed by atoms with Crippen LogP contribution in [0.4, 0.5) is 18.9 Å². The standard InChI is InChI=1S/C17H12F3N3O2/c18-17(19,20)25-14-5-3-4-12(10-14)22-16(24)8-7-13-11-21-15-6-1-2-9-23(13)15/h1-11H,(H,22,24)/b8-7+. The number of hydrogen-bond donors (Lipinski definition) is 1. The zero-order valence-electron chi connectivity index (χ0n) is 12.7. The first kappa shape index (κ1) is 16.6. The summed E-state index contributed by atoms with van der Waals surface area (Å²) in [6.45, 7) is 0. The molecule has 3 rings (SSSR count). The second-order valence-corrected chi connectivity index (χ2v) is 5.01. The molecule has 1 amide bonds. The van der Waals surface area contributed by atoms with Gasteiger partial charge in [0.15, 0.2) is 0 Å². The molecule has 25 heavy (non-hydrogen) atoms. The number of nitrogens with one attached hydrogen (secondary N) is 1. The maximum atomic E-state index is 12.2. The number of carbonyl (C=O) groups is 1. The van der Waals surface area contributed by atoms with Crippen molar-refractivity contribution in [3.63, 3.8) is 0 Å². The third-order valence-electron chi connectivity index (χ3n) is 3.19. The van der Waals surface area contributed by atoms with Crippen LogP contribution in [0, 0.1) is 0 Å². The number of hydrogen-bond acceptors (Lipinski definition) is 3. The van der Waals surface area contributed by atoms with Gasteiger partial charge in [0, 0.05) is 24.0 Å². The highest BCUT2D eigenvalue weighted by Crippen LogP contribution is 2.25. The van der Waals surface area contributed by atoms with Gasteiger partial charge in [-0.25, -0.2) is 4.98 Å². The van der Waals surface area contributed by atoms with Gasteiger partial charge in [0.2, 0.25) is 5.91 Å². The van der Waals surface area contributed by atoms with Crippen molar-refractivity contribution < 1.29 is 22.7 Å². The Labute approximate surface area is 140 Å². The van der Waals surface area contributed by atoms with E-state index in [-0.39, 0.29) is 5.69 Å². The average Bonchev–Trinajstić information content (AvgIpc) is 2.95. The molecule has 1 N–H and O–H groups in total. The van der Waals surface area contributed by atoms with E-state index in [4.69, 9.17) is 0 Å². The van der Waals surface area contributed by atoms with Crippen LogP contribution in [-0.4, -0.2) is 21.7 Å². The van der Waals surface area contributed by atoms with Crippen LogP contribution in [-0.2, 0) is 4.79 Å². The number of anilines is 1. The maximum Gasteiger partial charge on any atom is 0.573 e. The van der Waals surface area contributed by atoms with Crippen LogP contribution in [0.5, 0.6) is 5.75 Å². The first-order valence-corrected chi connectivity index (χ1v) is 7.18. The first-order chi connectivity index (χ1) is 11.9. The van der Waals surface area contributed by atoms with E-state index in [9.17, 15) is 18.0 Å². The molecule has 5 nitrogen and oxygen atoms in total. The lowest BCUT2D eigenvalue weighted by atomic mass is 10.3. The molecule has 1 aromatic carbocycles. The normalized spacial score (nSPS) is 11.8. The van der Waals surface area contributed by atoms with Crippen molar-refractivity contribution in [2.75, 3.05) is 5.32 Å². The predicted molar refractivity (Wildman–Crippen MR) is 86.0 cm³/mol. The van der Waals surface area contributed by atoms with Crippen LogP contribution in [0.2, 0.25) is 0 Å². The van der Waals surface area contributed by atoms with Crippen LogP contribution >= 0.6 is 0 Å². The number of carbonyl (C=O) groups excluding carboxylic acids is 1. The van der Waals surface area contributed by atoms with Crippen LogP contribution in [0.1, 0.15) is 5.69 Å². The smallest absolute Gasteiger partial charge is 0.406 e. The highest BCUT2D eigenvalue weighted by atomic mass is 19.4. The van der Waals surface area contributed by atoms with Crippen molar-refractivity contribution in [2.24, 2.45) is 0 Å². The van der Waals surface area contributed by atoms with E-state index < -0.39 is 18.0 Å². The first-order valence-electron chi connectivity index (χ1n) is 7.18. The minimum Gasteiger partial charge on any atom is -0.406 e. The number of aromatic nitrogens is 2. The number of imidazole rings is 1. The summed E-state index contributed by atoms with van der Waals surface area (Å²) in [4.78, 5) is 16.1. The minimum absolute atomic E-state index is 0.189. The van der Waals surface area contributed by atoms with Crippen LogP contribution in [0.3, 0.4) is 0 Å². The number of ether oxygens (including phenoxy) is 1. The summed E-state index contributed by atoms with van der Waals surface area (Å²) in [7, 11) is 0. The maximum absolute atomic E-state index is 12.2. The van der Waals surface area contributed by atoms with Gasteiger partial charge < -0.3 is 14.5 Å². The molecule has 0 saturated heterocycles. The van der Waals surface area contributed by atoms with Crippen LogP contribution in [0.15, 0.2) is 60.9 Å². The molecule has 128 valence electrons. The second-order valence-electron chi connectivity index (χ2n) is 5.01. The topological polar surface area (TPSA) is 55.6 Å².